The molecule has 0 bridgehead atoms. The number of anilines is 3. The Kier molecular flexibility index (Phi) is 7.52. The van der Waals surface area contributed by atoms with Crippen molar-refractivity contribution in [1.82, 2.24) is 19.5 Å². The minimum atomic E-state index is -0.291. The van der Waals surface area contributed by atoms with Crippen molar-refractivity contribution in [3.05, 3.63) is 33.9 Å². The van der Waals surface area contributed by atoms with E-state index in [2.05, 4.69) is 33.2 Å². The van der Waals surface area contributed by atoms with Gasteiger partial charge in [-0.1, -0.05) is 43.0 Å². The largest absolute Gasteiger partial charge is 0.393 e. The second kappa shape index (κ2) is 10.8. The molecule has 2 heterocycles. The van der Waals surface area contributed by atoms with Crippen LogP contribution in [0.5, 0.6) is 0 Å². The molecule has 2 saturated carbocycles. The van der Waals surface area contributed by atoms with E-state index < -0.39 is 0 Å². The van der Waals surface area contributed by atoms with Gasteiger partial charge >= 0.3 is 0 Å². The normalized spacial score (nSPS) is 24.8. The van der Waals surface area contributed by atoms with Crippen molar-refractivity contribution in [2.75, 3.05) is 10.6 Å². The fourth-order valence-electron chi connectivity index (χ4n) is 5.41. The molecular formula is C26H31Cl2N7O. The second-order valence-electron chi connectivity index (χ2n) is 10.2. The standard InChI is InChI=1S/C26H31Cl2N7O/c1-15-6-8-18(9-7-15)35-24-22(14-30-25(34-24)31-17-4-2-3-5-19(36)12-17)32-26(35)33-23-20(27)10-16(13-29)11-21(23)28/h10-11,14-15,17-19,36H,2-9,12H2,1H3,(H,32,33)(H,30,31,34)/t15-,17-,18+,19-/m0/s1. The third kappa shape index (κ3) is 5.39. The van der Waals surface area contributed by atoms with Crippen LogP contribution in [0.15, 0.2) is 18.3 Å². The summed E-state index contributed by atoms with van der Waals surface area (Å²) >= 11 is 13.0. The first-order chi connectivity index (χ1) is 17.4. The lowest BCUT2D eigenvalue weighted by molar-refractivity contribution is 0.154. The third-order valence-electron chi connectivity index (χ3n) is 7.42. The number of fused-ring (bicyclic) bond motifs is 1. The number of aromatic nitrogens is 4. The van der Waals surface area contributed by atoms with E-state index >= 15 is 0 Å². The molecule has 2 fully saturated rings. The number of nitrogens with one attached hydrogen (secondary N) is 2. The highest BCUT2D eigenvalue weighted by Gasteiger charge is 2.27. The van der Waals surface area contributed by atoms with Gasteiger partial charge in [-0.25, -0.2) is 9.97 Å². The Hall–Kier alpha value is -2.60. The van der Waals surface area contributed by atoms with Gasteiger partial charge in [0.1, 0.15) is 5.52 Å². The Morgan fingerprint density at radius 3 is 2.50 bits per heavy atom. The Bertz CT molecular complexity index is 1260. The fraction of sp³-hybridized carbons (Fsp3) is 0.538. The van der Waals surface area contributed by atoms with E-state index in [0.717, 1.165) is 57.0 Å². The summed E-state index contributed by atoms with van der Waals surface area (Å²) in [6.45, 7) is 2.29. The van der Waals surface area contributed by atoms with Gasteiger partial charge < -0.3 is 15.7 Å². The summed E-state index contributed by atoms with van der Waals surface area (Å²) in [4.78, 5) is 14.3. The Morgan fingerprint density at radius 2 is 1.78 bits per heavy atom. The molecule has 2 aromatic heterocycles. The van der Waals surface area contributed by atoms with E-state index in [1.807, 2.05) is 0 Å². The second-order valence-corrected chi connectivity index (χ2v) is 11.0. The van der Waals surface area contributed by atoms with Gasteiger partial charge in [0.05, 0.1) is 39.7 Å². The van der Waals surface area contributed by atoms with E-state index in [0.29, 0.717) is 51.0 Å². The number of hydrogen-bond acceptors (Lipinski definition) is 7. The quantitative estimate of drug-likeness (QED) is 0.320. The number of nitriles is 1. The predicted octanol–water partition coefficient (Wildman–Crippen LogP) is 6.61. The maximum Gasteiger partial charge on any atom is 0.224 e. The molecule has 2 aliphatic carbocycles. The molecule has 190 valence electrons. The fourth-order valence-corrected chi connectivity index (χ4v) is 5.99. The number of aliphatic hydroxyl groups is 1. The van der Waals surface area contributed by atoms with E-state index in [1.54, 1.807) is 18.3 Å². The van der Waals surface area contributed by atoms with Crippen molar-refractivity contribution in [3.8, 4) is 6.07 Å². The summed E-state index contributed by atoms with van der Waals surface area (Å²) in [6.07, 6.45) is 10.4. The lowest BCUT2D eigenvalue weighted by Gasteiger charge is -2.29. The SMILES string of the molecule is C[C@H]1CC[C@@H](n2c(Nc3c(Cl)cc(C#N)cc3Cl)nc3cnc(N[C@H]4CCCC[C@H](O)C4)nc32)CC1. The summed E-state index contributed by atoms with van der Waals surface area (Å²) < 4.78 is 2.15. The molecule has 3 aromatic rings. The van der Waals surface area contributed by atoms with Gasteiger partial charge in [-0.05, 0) is 63.0 Å². The zero-order valence-electron chi connectivity index (χ0n) is 20.3. The number of nitrogens with zero attached hydrogens (tertiary/aromatic N) is 5. The number of aliphatic hydroxyl groups excluding tert-OH is 1. The molecule has 5 rings (SSSR count). The molecule has 36 heavy (non-hydrogen) atoms. The van der Waals surface area contributed by atoms with Gasteiger partial charge in [-0.3, -0.25) is 4.57 Å². The molecule has 0 saturated heterocycles. The first-order valence-corrected chi connectivity index (χ1v) is 13.5. The molecule has 2 atom stereocenters. The number of imidazole rings is 1. The van der Waals surface area contributed by atoms with Crippen LogP contribution < -0.4 is 10.6 Å². The molecule has 0 amide bonds. The number of hydrogen-bond donors (Lipinski definition) is 3. The van der Waals surface area contributed by atoms with Crippen LogP contribution in [0.4, 0.5) is 17.6 Å². The van der Waals surface area contributed by atoms with Gasteiger partial charge in [0.25, 0.3) is 0 Å². The minimum absolute atomic E-state index is 0.140. The van der Waals surface area contributed by atoms with Crippen molar-refractivity contribution in [2.45, 2.75) is 82.9 Å². The van der Waals surface area contributed by atoms with Crippen LogP contribution in [0.2, 0.25) is 10.0 Å². The van der Waals surface area contributed by atoms with Gasteiger partial charge in [0, 0.05) is 12.1 Å². The Morgan fingerprint density at radius 1 is 1.06 bits per heavy atom. The molecule has 2 aliphatic rings. The van der Waals surface area contributed by atoms with E-state index in [-0.39, 0.29) is 18.2 Å². The van der Waals surface area contributed by atoms with Crippen LogP contribution >= 0.6 is 23.2 Å². The van der Waals surface area contributed by atoms with Crippen molar-refractivity contribution in [1.29, 1.82) is 5.26 Å². The lowest BCUT2D eigenvalue weighted by Crippen LogP contribution is -2.24. The van der Waals surface area contributed by atoms with Gasteiger partial charge in [-0.2, -0.15) is 10.2 Å². The third-order valence-corrected chi connectivity index (χ3v) is 8.02. The molecular weight excluding hydrogens is 497 g/mol. The molecule has 0 unspecified atom stereocenters. The summed E-state index contributed by atoms with van der Waals surface area (Å²) in [5, 5.41) is 27.0. The van der Waals surface area contributed by atoms with Gasteiger partial charge in [0.15, 0.2) is 5.65 Å². The van der Waals surface area contributed by atoms with Crippen molar-refractivity contribution in [3.63, 3.8) is 0 Å². The van der Waals surface area contributed by atoms with E-state index in [9.17, 15) is 10.4 Å². The highest BCUT2D eigenvalue weighted by molar-refractivity contribution is 6.39. The summed E-state index contributed by atoms with van der Waals surface area (Å²) in [5.41, 5.74) is 2.35. The maximum absolute atomic E-state index is 10.2. The van der Waals surface area contributed by atoms with Crippen LogP contribution in [-0.4, -0.2) is 36.8 Å². The molecule has 3 N–H and O–H groups in total. The zero-order valence-corrected chi connectivity index (χ0v) is 21.9. The smallest absolute Gasteiger partial charge is 0.224 e. The number of benzene rings is 1. The van der Waals surface area contributed by atoms with Crippen LogP contribution in [-0.2, 0) is 0 Å². The van der Waals surface area contributed by atoms with Crippen LogP contribution in [0.3, 0.4) is 0 Å². The lowest BCUT2D eigenvalue weighted by atomic mass is 9.87. The molecule has 1 aromatic carbocycles. The molecule has 10 heteroatoms. The topological polar surface area (TPSA) is 112 Å². The van der Waals surface area contributed by atoms with E-state index in [1.165, 1.54) is 0 Å². The molecule has 8 nitrogen and oxygen atoms in total. The van der Waals surface area contributed by atoms with Gasteiger partial charge in [0.2, 0.25) is 11.9 Å². The van der Waals surface area contributed by atoms with Crippen LogP contribution in [0, 0.1) is 17.2 Å². The van der Waals surface area contributed by atoms with Crippen molar-refractivity contribution >= 4 is 51.9 Å². The van der Waals surface area contributed by atoms with Gasteiger partial charge in [-0.15, -0.1) is 0 Å². The Balaban J connectivity index is 1.52. The monoisotopic (exact) mass is 527 g/mol. The number of halogens is 2. The molecule has 0 radical (unpaired) electrons. The minimum Gasteiger partial charge on any atom is -0.393 e. The Labute approximate surface area is 221 Å². The highest BCUT2D eigenvalue weighted by Crippen LogP contribution is 2.39. The van der Waals surface area contributed by atoms with Crippen molar-refractivity contribution < 1.29 is 5.11 Å². The average molecular weight is 528 g/mol. The van der Waals surface area contributed by atoms with Crippen molar-refractivity contribution in [2.24, 2.45) is 5.92 Å². The first-order valence-electron chi connectivity index (χ1n) is 12.8. The summed E-state index contributed by atoms with van der Waals surface area (Å²) in [7, 11) is 0. The number of rotatable bonds is 5. The first kappa shape index (κ1) is 25.1. The summed E-state index contributed by atoms with van der Waals surface area (Å²) in [5.74, 6) is 1.85. The van der Waals surface area contributed by atoms with Crippen LogP contribution in [0.1, 0.15) is 76.3 Å². The predicted molar refractivity (Wildman–Crippen MR) is 143 cm³/mol. The highest BCUT2D eigenvalue weighted by atomic mass is 35.5. The van der Waals surface area contributed by atoms with E-state index in [4.69, 9.17) is 33.2 Å². The average Bonchev–Trinajstić information content (AvgIpc) is 3.08. The zero-order chi connectivity index (χ0) is 25.2. The summed E-state index contributed by atoms with van der Waals surface area (Å²) in [6, 6.07) is 5.63. The molecule has 0 aliphatic heterocycles. The van der Waals surface area contributed by atoms with Crippen LogP contribution in [0.25, 0.3) is 11.2 Å². The maximum atomic E-state index is 10.2. The molecule has 0 spiro atoms.